The van der Waals surface area contributed by atoms with Gasteiger partial charge in [0.25, 0.3) is 11.6 Å². The van der Waals surface area contributed by atoms with Gasteiger partial charge in [0.15, 0.2) is 0 Å². The van der Waals surface area contributed by atoms with Gasteiger partial charge >= 0.3 is 5.97 Å². The van der Waals surface area contributed by atoms with Gasteiger partial charge in [-0.2, -0.15) is 0 Å². The minimum absolute atomic E-state index is 0.0766. The van der Waals surface area contributed by atoms with Gasteiger partial charge in [-0.15, -0.1) is 0 Å². The van der Waals surface area contributed by atoms with Gasteiger partial charge in [0.2, 0.25) is 0 Å². The molecule has 1 unspecified atom stereocenters. The second kappa shape index (κ2) is 7.37. The number of aliphatic carboxylic acids is 1. The lowest BCUT2D eigenvalue weighted by atomic mass is 10.1. The van der Waals surface area contributed by atoms with Crippen molar-refractivity contribution in [1.82, 2.24) is 5.32 Å². The maximum atomic E-state index is 12.0. The van der Waals surface area contributed by atoms with Crippen LogP contribution in [0.5, 0.6) is 0 Å². The molecule has 1 amide bonds. The SMILES string of the molecule is CCCCC(NC(=O)c1ccc([N+](=O)[O-])c(C)c1)C(=O)O. The molecule has 2 N–H and O–H groups in total. The van der Waals surface area contributed by atoms with Crippen LogP contribution in [0.15, 0.2) is 18.2 Å². The van der Waals surface area contributed by atoms with Crippen LogP contribution in [-0.4, -0.2) is 27.9 Å². The summed E-state index contributed by atoms with van der Waals surface area (Å²) in [7, 11) is 0. The van der Waals surface area contributed by atoms with E-state index in [1.54, 1.807) is 0 Å². The molecule has 0 heterocycles. The fraction of sp³-hybridized carbons (Fsp3) is 0.429. The lowest BCUT2D eigenvalue weighted by Gasteiger charge is -2.14. The van der Waals surface area contributed by atoms with Crippen LogP contribution in [0.2, 0.25) is 0 Å². The quantitative estimate of drug-likeness (QED) is 0.592. The molecule has 1 rings (SSSR count). The van der Waals surface area contributed by atoms with E-state index in [4.69, 9.17) is 5.11 Å². The van der Waals surface area contributed by atoms with Gasteiger partial charge in [0.1, 0.15) is 6.04 Å². The zero-order chi connectivity index (χ0) is 16.0. The van der Waals surface area contributed by atoms with Gasteiger partial charge in [0.05, 0.1) is 4.92 Å². The number of nitrogens with zero attached hydrogens (tertiary/aromatic N) is 1. The fourth-order valence-corrected chi connectivity index (χ4v) is 1.91. The first-order chi connectivity index (χ1) is 9.86. The fourth-order valence-electron chi connectivity index (χ4n) is 1.91. The number of unbranched alkanes of at least 4 members (excludes halogenated alkanes) is 1. The van der Waals surface area contributed by atoms with Crippen molar-refractivity contribution in [2.75, 3.05) is 0 Å². The first kappa shape index (κ1) is 16.6. The lowest BCUT2D eigenvalue weighted by Crippen LogP contribution is -2.40. The minimum Gasteiger partial charge on any atom is -0.480 e. The summed E-state index contributed by atoms with van der Waals surface area (Å²) in [5, 5.41) is 22.2. The summed E-state index contributed by atoms with van der Waals surface area (Å²) in [6.45, 7) is 3.46. The molecule has 21 heavy (non-hydrogen) atoms. The molecule has 7 nitrogen and oxygen atoms in total. The number of amides is 1. The number of aryl methyl sites for hydroxylation is 1. The molecule has 1 aromatic rings. The third-order valence-corrected chi connectivity index (χ3v) is 3.11. The molecule has 114 valence electrons. The van der Waals surface area contributed by atoms with Gasteiger partial charge in [-0.1, -0.05) is 19.8 Å². The highest BCUT2D eigenvalue weighted by Crippen LogP contribution is 2.18. The molecule has 1 atom stereocenters. The molecular formula is C14H18N2O5. The van der Waals surface area contributed by atoms with Crippen LogP contribution in [0.3, 0.4) is 0 Å². The van der Waals surface area contributed by atoms with E-state index < -0.39 is 22.8 Å². The first-order valence-electron chi connectivity index (χ1n) is 6.65. The number of benzene rings is 1. The normalized spacial score (nSPS) is 11.7. The van der Waals surface area contributed by atoms with E-state index in [1.165, 1.54) is 25.1 Å². The van der Waals surface area contributed by atoms with Crippen molar-refractivity contribution < 1.29 is 19.6 Å². The molecule has 0 aromatic heterocycles. The molecule has 1 aromatic carbocycles. The number of hydrogen-bond acceptors (Lipinski definition) is 4. The molecule has 0 saturated carbocycles. The van der Waals surface area contributed by atoms with Crippen molar-refractivity contribution in [1.29, 1.82) is 0 Å². The number of nitro benzene ring substituents is 1. The number of carboxylic acid groups (broad SMARTS) is 1. The Morgan fingerprint density at radius 3 is 2.57 bits per heavy atom. The van der Waals surface area contributed by atoms with Crippen LogP contribution in [0.4, 0.5) is 5.69 Å². The molecule has 0 saturated heterocycles. The van der Waals surface area contributed by atoms with E-state index in [-0.39, 0.29) is 11.3 Å². The summed E-state index contributed by atoms with van der Waals surface area (Å²) in [6.07, 6.45) is 1.87. The summed E-state index contributed by atoms with van der Waals surface area (Å²) in [6, 6.07) is 2.99. The predicted molar refractivity (Wildman–Crippen MR) is 76.2 cm³/mol. The van der Waals surface area contributed by atoms with Crippen LogP contribution in [-0.2, 0) is 4.79 Å². The van der Waals surface area contributed by atoms with E-state index in [1.807, 2.05) is 6.92 Å². The first-order valence-corrected chi connectivity index (χ1v) is 6.65. The number of hydrogen-bond donors (Lipinski definition) is 2. The monoisotopic (exact) mass is 294 g/mol. The van der Waals surface area contributed by atoms with Crippen LogP contribution < -0.4 is 5.32 Å². The maximum absolute atomic E-state index is 12.0. The van der Waals surface area contributed by atoms with E-state index in [2.05, 4.69) is 5.32 Å². The van der Waals surface area contributed by atoms with Crippen molar-refractivity contribution in [3.63, 3.8) is 0 Å². The zero-order valence-corrected chi connectivity index (χ0v) is 12.0. The Morgan fingerprint density at radius 1 is 1.43 bits per heavy atom. The average molecular weight is 294 g/mol. The molecule has 0 aliphatic carbocycles. The Morgan fingerprint density at radius 2 is 2.10 bits per heavy atom. The van der Waals surface area contributed by atoms with Gasteiger partial charge < -0.3 is 10.4 Å². The highest BCUT2D eigenvalue weighted by molar-refractivity contribution is 5.97. The predicted octanol–water partition coefficient (Wildman–Crippen LogP) is 2.28. The van der Waals surface area contributed by atoms with E-state index >= 15 is 0 Å². The summed E-state index contributed by atoms with van der Waals surface area (Å²) in [4.78, 5) is 33.3. The van der Waals surface area contributed by atoms with Crippen molar-refractivity contribution in [2.45, 2.75) is 39.2 Å². The van der Waals surface area contributed by atoms with Crippen molar-refractivity contribution in [3.05, 3.63) is 39.4 Å². The third-order valence-electron chi connectivity index (χ3n) is 3.11. The van der Waals surface area contributed by atoms with Gasteiger partial charge in [-0.3, -0.25) is 14.9 Å². The van der Waals surface area contributed by atoms with Crippen LogP contribution in [0.25, 0.3) is 0 Å². The minimum atomic E-state index is -1.09. The number of carboxylic acids is 1. The summed E-state index contributed by atoms with van der Waals surface area (Å²) in [5.41, 5.74) is 0.487. The summed E-state index contributed by atoms with van der Waals surface area (Å²) >= 11 is 0. The van der Waals surface area contributed by atoms with Gasteiger partial charge in [0, 0.05) is 17.2 Å². The van der Waals surface area contributed by atoms with E-state index in [0.717, 1.165) is 6.42 Å². The smallest absolute Gasteiger partial charge is 0.326 e. The Labute approximate surface area is 122 Å². The Balaban J connectivity index is 2.85. The number of carbonyl (C=O) groups is 2. The zero-order valence-electron chi connectivity index (χ0n) is 12.0. The van der Waals surface area contributed by atoms with Crippen molar-refractivity contribution in [3.8, 4) is 0 Å². The van der Waals surface area contributed by atoms with Crippen molar-refractivity contribution >= 4 is 17.6 Å². The van der Waals surface area contributed by atoms with E-state index in [9.17, 15) is 19.7 Å². The Hall–Kier alpha value is -2.44. The maximum Gasteiger partial charge on any atom is 0.326 e. The largest absolute Gasteiger partial charge is 0.480 e. The van der Waals surface area contributed by atoms with Gasteiger partial charge in [-0.05, 0) is 25.5 Å². The second-order valence-corrected chi connectivity index (χ2v) is 4.76. The topological polar surface area (TPSA) is 110 Å². The molecule has 0 fully saturated rings. The highest BCUT2D eigenvalue weighted by Gasteiger charge is 2.21. The van der Waals surface area contributed by atoms with Crippen LogP contribution in [0, 0.1) is 17.0 Å². The molecule has 0 radical (unpaired) electrons. The highest BCUT2D eigenvalue weighted by atomic mass is 16.6. The standard InChI is InChI=1S/C14H18N2O5/c1-3-4-5-11(14(18)19)15-13(17)10-6-7-12(16(20)21)9(2)8-10/h6-8,11H,3-5H2,1-2H3,(H,15,17)(H,18,19). The molecule has 7 heteroatoms. The second-order valence-electron chi connectivity index (χ2n) is 4.76. The average Bonchev–Trinajstić information content (AvgIpc) is 2.42. The molecule has 0 bridgehead atoms. The number of nitro groups is 1. The number of rotatable bonds is 7. The molecule has 0 aliphatic rings. The van der Waals surface area contributed by atoms with Crippen molar-refractivity contribution in [2.24, 2.45) is 0 Å². The third kappa shape index (κ3) is 4.55. The van der Waals surface area contributed by atoms with Crippen LogP contribution in [0.1, 0.15) is 42.1 Å². The van der Waals surface area contributed by atoms with Gasteiger partial charge in [-0.25, -0.2) is 4.79 Å². The Bertz CT molecular complexity index is 556. The summed E-state index contributed by atoms with van der Waals surface area (Å²) in [5.74, 6) is -1.63. The van der Waals surface area contributed by atoms with E-state index in [0.29, 0.717) is 18.4 Å². The Kier molecular flexibility index (Phi) is 5.83. The molecule has 0 spiro atoms. The molecule has 0 aliphatic heterocycles. The summed E-state index contributed by atoms with van der Waals surface area (Å²) < 4.78 is 0. The van der Waals surface area contributed by atoms with Crippen LogP contribution >= 0.6 is 0 Å². The number of carbonyl (C=O) groups excluding carboxylic acids is 1. The number of nitrogens with one attached hydrogen (secondary N) is 1. The molecular weight excluding hydrogens is 276 g/mol. The lowest BCUT2D eigenvalue weighted by molar-refractivity contribution is -0.385.